The molecule has 10 heteroatoms. The first kappa shape index (κ1) is 19.7. The van der Waals surface area contributed by atoms with E-state index < -0.39 is 17.5 Å². The molecule has 3 rings (SSSR count). The third-order valence-corrected chi connectivity index (χ3v) is 6.74. The number of amides is 5. The van der Waals surface area contributed by atoms with Crippen molar-refractivity contribution in [1.82, 2.24) is 20.4 Å². The number of imide groups is 1. The van der Waals surface area contributed by atoms with Crippen LogP contribution in [-0.2, 0) is 20.9 Å². The van der Waals surface area contributed by atoms with Gasteiger partial charge in [0.05, 0.1) is 13.1 Å². The second-order valence-corrected chi connectivity index (χ2v) is 8.61. The molecule has 2 aliphatic heterocycles. The highest BCUT2D eigenvalue weighted by Gasteiger charge is 2.53. The van der Waals surface area contributed by atoms with Crippen LogP contribution in [0.5, 0.6) is 0 Å². The summed E-state index contributed by atoms with van der Waals surface area (Å²) in [5.74, 6) is 0.294. The molecule has 1 aromatic heterocycles. The zero-order chi connectivity index (χ0) is 19.4. The van der Waals surface area contributed by atoms with E-state index >= 15 is 0 Å². The smallest absolute Gasteiger partial charge is 0.325 e. The van der Waals surface area contributed by atoms with Crippen LogP contribution in [0.3, 0.4) is 0 Å². The molecule has 1 aromatic rings. The predicted octanol–water partition coefficient (Wildman–Crippen LogP) is 0.640. The van der Waals surface area contributed by atoms with Gasteiger partial charge in [-0.3, -0.25) is 19.3 Å². The Morgan fingerprint density at radius 2 is 2.22 bits per heavy atom. The molecule has 8 nitrogen and oxygen atoms in total. The van der Waals surface area contributed by atoms with Crippen LogP contribution < -0.4 is 10.6 Å². The van der Waals surface area contributed by atoms with Crippen LogP contribution in [-0.4, -0.2) is 70.2 Å². The van der Waals surface area contributed by atoms with Gasteiger partial charge in [-0.2, -0.15) is 11.8 Å². The summed E-state index contributed by atoms with van der Waals surface area (Å²) < 4.78 is 0. The Balaban J connectivity index is 1.54. The van der Waals surface area contributed by atoms with E-state index in [-0.39, 0.29) is 24.9 Å². The van der Waals surface area contributed by atoms with Crippen LogP contribution in [0.4, 0.5) is 4.79 Å². The van der Waals surface area contributed by atoms with Crippen molar-refractivity contribution >= 4 is 46.9 Å². The maximum Gasteiger partial charge on any atom is 0.325 e. The van der Waals surface area contributed by atoms with Gasteiger partial charge < -0.3 is 15.5 Å². The maximum atomic E-state index is 12.6. The average Bonchev–Trinajstić information content (AvgIpc) is 3.37. The molecule has 2 saturated heterocycles. The fourth-order valence-corrected chi connectivity index (χ4v) is 5.06. The summed E-state index contributed by atoms with van der Waals surface area (Å²) in [7, 11) is 0. The minimum absolute atomic E-state index is 0.106. The Hall–Kier alpha value is -2.07. The first-order valence-corrected chi connectivity index (χ1v) is 10.8. The Morgan fingerprint density at radius 3 is 2.85 bits per heavy atom. The Morgan fingerprint density at radius 1 is 1.41 bits per heavy atom. The number of likely N-dealkylation sites (N-methyl/N-ethyl adjacent to an activating group) is 1. The second-order valence-electron chi connectivity index (χ2n) is 6.47. The molecule has 0 bridgehead atoms. The summed E-state index contributed by atoms with van der Waals surface area (Å²) in [5, 5.41) is 7.43. The first-order valence-electron chi connectivity index (χ1n) is 8.74. The van der Waals surface area contributed by atoms with Gasteiger partial charge in [-0.25, -0.2) is 4.79 Å². The highest BCUT2D eigenvalue weighted by atomic mass is 32.2. The molecule has 0 aliphatic carbocycles. The summed E-state index contributed by atoms with van der Waals surface area (Å²) in [6.45, 7) is 2.03. The number of urea groups is 1. The minimum atomic E-state index is -0.864. The van der Waals surface area contributed by atoms with E-state index in [9.17, 15) is 19.2 Å². The average molecular weight is 411 g/mol. The Bertz CT molecular complexity index is 731. The maximum absolute atomic E-state index is 12.6. The van der Waals surface area contributed by atoms with Gasteiger partial charge >= 0.3 is 6.03 Å². The molecule has 27 heavy (non-hydrogen) atoms. The number of nitrogens with zero attached hydrogens (tertiary/aromatic N) is 2. The monoisotopic (exact) mass is 410 g/mol. The quantitative estimate of drug-likeness (QED) is 0.643. The van der Waals surface area contributed by atoms with E-state index in [0.29, 0.717) is 25.3 Å². The van der Waals surface area contributed by atoms with Crippen molar-refractivity contribution in [3.8, 4) is 0 Å². The number of nitrogens with one attached hydrogen (secondary N) is 2. The fourth-order valence-electron chi connectivity index (χ4n) is 3.09. The molecule has 0 radical (unpaired) electrons. The van der Waals surface area contributed by atoms with E-state index in [1.54, 1.807) is 30.0 Å². The number of thiophene rings is 1. The standard InChI is InChI=1S/C17H22N4O4S2/c1-2-20(9-13(22)18-8-12-4-3-6-27-12)14(23)10-21-15(24)17(19-16(21)25)5-7-26-11-17/h3-4,6H,2,5,7-11H2,1H3,(H,18,22)(H,19,25). The summed E-state index contributed by atoms with van der Waals surface area (Å²) in [5.41, 5.74) is -0.864. The largest absolute Gasteiger partial charge is 0.350 e. The lowest BCUT2D eigenvalue weighted by Crippen LogP contribution is -2.49. The van der Waals surface area contributed by atoms with Crippen LogP contribution in [0, 0.1) is 0 Å². The number of rotatable bonds is 7. The molecule has 2 fully saturated rings. The molecule has 5 amide bonds. The normalized spacial score (nSPS) is 21.6. The van der Waals surface area contributed by atoms with Crippen LogP contribution in [0.15, 0.2) is 17.5 Å². The van der Waals surface area contributed by atoms with Crippen molar-refractivity contribution in [2.75, 3.05) is 31.1 Å². The molecule has 0 saturated carbocycles. The summed E-state index contributed by atoms with van der Waals surface area (Å²) in [6.07, 6.45) is 0.579. The number of thioether (sulfide) groups is 1. The summed E-state index contributed by atoms with van der Waals surface area (Å²) in [6, 6.07) is 3.29. The summed E-state index contributed by atoms with van der Waals surface area (Å²) >= 11 is 3.15. The zero-order valence-corrected chi connectivity index (χ0v) is 16.7. The van der Waals surface area contributed by atoms with Gasteiger partial charge in [0.2, 0.25) is 11.8 Å². The zero-order valence-electron chi connectivity index (χ0n) is 15.0. The van der Waals surface area contributed by atoms with Crippen molar-refractivity contribution in [3.63, 3.8) is 0 Å². The van der Waals surface area contributed by atoms with Gasteiger partial charge in [-0.1, -0.05) is 6.07 Å². The minimum Gasteiger partial charge on any atom is -0.350 e. The van der Waals surface area contributed by atoms with E-state index in [1.807, 2.05) is 17.5 Å². The van der Waals surface area contributed by atoms with E-state index in [2.05, 4.69) is 10.6 Å². The molecule has 1 unspecified atom stereocenters. The van der Waals surface area contributed by atoms with Gasteiger partial charge in [0.15, 0.2) is 0 Å². The van der Waals surface area contributed by atoms with Gasteiger partial charge in [-0.15, -0.1) is 11.3 Å². The molecule has 146 valence electrons. The highest BCUT2D eigenvalue weighted by molar-refractivity contribution is 7.99. The van der Waals surface area contributed by atoms with E-state index in [4.69, 9.17) is 0 Å². The van der Waals surface area contributed by atoms with E-state index in [1.165, 1.54) is 4.90 Å². The fraction of sp³-hybridized carbons (Fsp3) is 0.529. The van der Waals surface area contributed by atoms with Crippen LogP contribution >= 0.6 is 23.1 Å². The number of carbonyl (C=O) groups is 4. The third kappa shape index (κ3) is 4.27. The third-order valence-electron chi connectivity index (χ3n) is 4.67. The van der Waals surface area contributed by atoms with Crippen LogP contribution in [0.25, 0.3) is 0 Å². The van der Waals surface area contributed by atoms with Crippen molar-refractivity contribution in [1.29, 1.82) is 0 Å². The Labute approximate surface area is 165 Å². The van der Waals surface area contributed by atoms with Crippen LogP contribution in [0.2, 0.25) is 0 Å². The van der Waals surface area contributed by atoms with E-state index in [0.717, 1.165) is 15.5 Å². The van der Waals surface area contributed by atoms with Crippen molar-refractivity contribution in [2.45, 2.75) is 25.4 Å². The summed E-state index contributed by atoms with van der Waals surface area (Å²) in [4.78, 5) is 52.8. The molecule has 1 spiro atoms. The molecule has 1 atom stereocenters. The van der Waals surface area contributed by atoms with Crippen molar-refractivity contribution in [2.24, 2.45) is 0 Å². The molecular weight excluding hydrogens is 388 g/mol. The number of hydrogen-bond acceptors (Lipinski definition) is 6. The SMILES string of the molecule is CCN(CC(=O)NCc1cccs1)C(=O)CN1C(=O)NC2(CCSC2)C1=O. The van der Waals surface area contributed by atoms with Gasteiger partial charge in [0.1, 0.15) is 12.1 Å². The molecular formula is C17H22N4O4S2. The van der Waals surface area contributed by atoms with Gasteiger partial charge in [0, 0.05) is 17.2 Å². The lowest BCUT2D eigenvalue weighted by Gasteiger charge is -2.23. The lowest BCUT2D eigenvalue weighted by atomic mass is 9.99. The van der Waals surface area contributed by atoms with Gasteiger partial charge in [-0.05, 0) is 30.5 Å². The molecule has 2 aliphatic rings. The highest BCUT2D eigenvalue weighted by Crippen LogP contribution is 2.33. The predicted molar refractivity (Wildman–Crippen MR) is 103 cm³/mol. The topological polar surface area (TPSA) is 98.8 Å². The Kier molecular flexibility index (Phi) is 6.05. The first-order chi connectivity index (χ1) is 12.9. The lowest BCUT2D eigenvalue weighted by molar-refractivity contribution is -0.140. The van der Waals surface area contributed by atoms with Crippen molar-refractivity contribution in [3.05, 3.63) is 22.4 Å². The number of hydrogen-bond donors (Lipinski definition) is 2. The van der Waals surface area contributed by atoms with Crippen molar-refractivity contribution < 1.29 is 19.2 Å². The number of carbonyl (C=O) groups excluding carboxylic acids is 4. The second kappa shape index (κ2) is 8.30. The molecule has 2 N–H and O–H groups in total. The molecule has 3 heterocycles. The van der Waals surface area contributed by atoms with Gasteiger partial charge in [0.25, 0.3) is 5.91 Å². The van der Waals surface area contributed by atoms with Crippen LogP contribution in [0.1, 0.15) is 18.2 Å². The molecule has 0 aromatic carbocycles.